The van der Waals surface area contributed by atoms with Gasteiger partial charge in [-0.05, 0) is 66.9 Å². The van der Waals surface area contributed by atoms with Gasteiger partial charge in [-0.25, -0.2) is 4.79 Å². The van der Waals surface area contributed by atoms with E-state index in [1.807, 2.05) is 30.4 Å². The number of ether oxygens (including phenoxy) is 1. The second kappa shape index (κ2) is 12.8. The fourth-order valence-corrected chi connectivity index (χ4v) is 8.32. The van der Waals surface area contributed by atoms with Crippen LogP contribution in [0.1, 0.15) is 40.0 Å². The molecule has 1 saturated heterocycles. The standard InChI is InChI=1S/C34H44N4O6SSi/c1-34(2,3)46(4,5)43-16-6-14-36(18-23-19-38-30(41)12-8-22-7-10-27(39)31(23)32(22)38)15-13-25-20-37(33(42)44-25)24-9-11-28-26(17-24)35-29(40)21-45-28/h7-11,17,23,25H,6,12-16,18-21H2,1-5H3,(H,35,40)/t23?,25-/m0/s1. The molecule has 3 amide bonds. The van der Waals surface area contributed by atoms with E-state index in [4.69, 9.17) is 9.16 Å². The molecule has 1 N–H and O–H groups in total. The lowest BCUT2D eigenvalue weighted by molar-refractivity contribution is -0.128. The molecule has 1 aliphatic carbocycles. The summed E-state index contributed by atoms with van der Waals surface area (Å²) >= 11 is 1.48. The Bertz CT molecular complexity index is 1550. The van der Waals surface area contributed by atoms with Crippen LogP contribution in [0.3, 0.4) is 0 Å². The van der Waals surface area contributed by atoms with Crippen LogP contribution >= 0.6 is 11.8 Å². The van der Waals surface area contributed by atoms with Crippen molar-refractivity contribution in [2.45, 2.75) is 69.2 Å². The zero-order valence-electron chi connectivity index (χ0n) is 27.4. The average Bonchev–Trinajstić information content (AvgIpc) is 3.57. The van der Waals surface area contributed by atoms with E-state index in [1.54, 1.807) is 15.9 Å². The molecule has 1 aromatic carbocycles. The number of hydrogen-bond donors (Lipinski definition) is 1. The molecule has 5 aliphatic rings. The summed E-state index contributed by atoms with van der Waals surface area (Å²) in [4.78, 5) is 57.5. The number of benzene rings is 1. The minimum absolute atomic E-state index is 0.0180. The molecule has 0 bridgehead atoms. The number of anilines is 2. The molecule has 4 aliphatic heterocycles. The molecular formula is C34H44N4O6SSi. The quantitative estimate of drug-likeness (QED) is 0.250. The van der Waals surface area contributed by atoms with E-state index in [0.29, 0.717) is 62.8 Å². The van der Waals surface area contributed by atoms with Gasteiger partial charge in [0.05, 0.1) is 23.7 Å². The molecule has 4 heterocycles. The van der Waals surface area contributed by atoms with Gasteiger partial charge in [0.25, 0.3) is 0 Å². The first-order valence-corrected chi connectivity index (χ1v) is 20.1. The van der Waals surface area contributed by atoms with Crippen molar-refractivity contribution in [3.63, 3.8) is 0 Å². The van der Waals surface area contributed by atoms with Gasteiger partial charge in [0.2, 0.25) is 11.8 Å². The molecule has 6 rings (SSSR count). The van der Waals surface area contributed by atoms with Crippen molar-refractivity contribution >= 4 is 55.1 Å². The summed E-state index contributed by atoms with van der Waals surface area (Å²) in [5.41, 5.74) is 3.90. The Morgan fingerprint density at radius 3 is 2.67 bits per heavy atom. The average molecular weight is 665 g/mol. The van der Waals surface area contributed by atoms with Crippen molar-refractivity contribution in [1.29, 1.82) is 0 Å². The van der Waals surface area contributed by atoms with Gasteiger partial charge in [0.1, 0.15) is 6.10 Å². The molecule has 0 radical (unpaired) electrons. The van der Waals surface area contributed by atoms with Crippen molar-refractivity contribution in [3.05, 3.63) is 53.3 Å². The largest absolute Gasteiger partial charge is 0.444 e. The highest BCUT2D eigenvalue weighted by atomic mass is 32.2. The topological polar surface area (TPSA) is 108 Å². The summed E-state index contributed by atoms with van der Waals surface area (Å²) in [6, 6.07) is 5.66. The molecule has 1 fully saturated rings. The van der Waals surface area contributed by atoms with Gasteiger partial charge >= 0.3 is 6.09 Å². The molecule has 0 saturated carbocycles. The fraction of sp³-hybridized carbons (Fsp3) is 0.529. The van der Waals surface area contributed by atoms with Crippen LogP contribution in [0.25, 0.3) is 0 Å². The number of rotatable bonds is 11. The van der Waals surface area contributed by atoms with E-state index in [-0.39, 0.29) is 34.7 Å². The van der Waals surface area contributed by atoms with E-state index in [9.17, 15) is 19.2 Å². The maximum absolute atomic E-state index is 13.1. The third-order valence-electron chi connectivity index (χ3n) is 10.0. The van der Waals surface area contributed by atoms with Crippen LogP contribution in [0.15, 0.2) is 58.2 Å². The number of hydrogen-bond acceptors (Lipinski definition) is 8. The number of fused-ring (bicyclic) bond motifs is 1. The summed E-state index contributed by atoms with van der Waals surface area (Å²) in [5, 5.41) is 3.02. The van der Waals surface area contributed by atoms with E-state index in [2.05, 4.69) is 44.1 Å². The van der Waals surface area contributed by atoms with Crippen LogP contribution in [0.2, 0.25) is 18.1 Å². The third-order valence-corrected chi connectivity index (χ3v) is 15.6. The molecule has 1 aromatic rings. The highest BCUT2D eigenvalue weighted by molar-refractivity contribution is 8.00. The van der Waals surface area contributed by atoms with E-state index < -0.39 is 14.4 Å². The zero-order chi connectivity index (χ0) is 32.8. The Balaban J connectivity index is 1.13. The minimum Gasteiger partial charge on any atom is -0.444 e. The molecule has 46 heavy (non-hydrogen) atoms. The Hall–Kier alpha value is -3.19. The molecule has 0 spiro atoms. The molecule has 10 nitrogen and oxygen atoms in total. The first-order chi connectivity index (χ1) is 21.8. The van der Waals surface area contributed by atoms with Gasteiger partial charge in [-0.1, -0.05) is 26.8 Å². The Labute approximate surface area is 276 Å². The number of amides is 3. The van der Waals surface area contributed by atoms with E-state index in [0.717, 1.165) is 34.7 Å². The summed E-state index contributed by atoms with van der Waals surface area (Å²) in [5.74, 6) is 0.259. The fourth-order valence-electron chi connectivity index (χ4n) is 6.44. The van der Waals surface area contributed by atoms with Crippen LogP contribution < -0.4 is 10.2 Å². The number of allylic oxidation sites excluding steroid dienone is 2. The third kappa shape index (κ3) is 6.62. The smallest absolute Gasteiger partial charge is 0.414 e. The number of cyclic esters (lactones) is 1. The number of nitrogens with one attached hydrogen (secondary N) is 1. The van der Waals surface area contributed by atoms with Gasteiger partial charge in [-0.3, -0.25) is 19.3 Å². The van der Waals surface area contributed by atoms with Crippen molar-refractivity contribution in [2.75, 3.05) is 55.3 Å². The van der Waals surface area contributed by atoms with Crippen LogP contribution in [-0.2, 0) is 23.5 Å². The Kier molecular flexibility index (Phi) is 9.09. The summed E-state index contributed by atoms with van der Waals surface area (Å²) < 4.78 is 12.3. The maximum atomic E-state index is 13.1. The summed E-state index contributed by atoms with van der Waals surface area (Å²) in [6.07, 6.45) is 6.50. The van der Waals surface area contributed by atoms with Crippen LogP contribution in [-0.4, -0.2) is 93.0 Å². The van der Waals surface area contributed by atoms with Gasteiger partial charge in [0.15, 0.2) is 14.1 Å². The molecular weight excluding hydrogens is 621 g/mol. The number of thioether (sulfide) groups is 1. The summed E-state index contributed by atoms with van der Waals surface area (Å²) in [7, 11) is -1.88. The lowest BCUT2D eigenvalue weighted by atomic mass is 9.89. The molecule has 2 atom stereocenters. The SMILES string of the molecule is CC(C)(C)[Si](C)(C)OCCCN(CC[C@H]1CN(c2ccc3c(c2)NC(=O)CS3)C(=O)O1)CC1CN2C(=O)CC=C3C=CC(=O)C1=C32. The molecule has 0 aromatic heterocycles. The number of nitrogens with zero attached hydrogens (tertiary/aromatic N) is 3. The Morgan fingerprint density at radius 2 is 1.89 bits per heavy atom. The van der Waals surface area contributed by atoms with Crippen molar-refractivity contribution < 1.29 is 28.3 Å². The van der Waals surface area contributed by atoms with Gasteiger partial charge in [0, 0.05) is 61.3 Å². The van der Waals surface area contributed by atoms with Crippen molar-refractivity contribution in [1.82, 2.24) is 9.80 Å². The highest BCUT2D eigenvalue weighted by Crippen LogP contribution is 2.41. The first kappa shape index (κ1) is 32.7. The number of ketones is 1. The van der Waals surface area contributed by atoms with Crippen LogP contribution in [0, 0.1) is 5.92 Å². The van der Waals surface area contributed by atoms with Crippen LogP contribution in [0.4, 0.5) is 16.2 Å². The zero-order valence-corrected chi connectivity index (χ0v) is 29.2. The second-order valence-corrected chi connectivity index (χ2v) is 20.0. The second-order valence-electron chi connectivity index (χ2n) is 14.2. The van der Waals surface area contributed by atoms with Crippen molar-refractivity contribution in [2.24, 2.45) is 5.92 Å². The summed E-state index contributed by atoms with van der Waals surface area (Å²) in [6.45, 7) is 14.9. The van der Waals surface area contributed by atoms with Crippen LogP contribution in [0.5, 0.6) is 0 Å². The van der Waals surface area contributed by atoms with Gasteiger partial charge in [-0.15, -0.1) is 11.8 Å². The lowest BCUT2D eigenvalue weighted by Gasteiger charge is -2.36. The Morgan fingerprint density at radius 1 is 1.09 bits per heavy atom. The maximum Gasteiger partial charge on any atom is 0.414 e. The number of carbonyl (C=O) groups excluding carboxylic acids is 4. The molecule has 1 unspecified atom stereocenters. The predicted octanol–water partition coefficient (Wildman–Crippen LogP) is 5.34. The normalized spacial score (nSPS) is 22.8. The highest BCUT2D eigenvalue weighted by Gasteiger charge is 2.42. The molecule has 246 valence electrons. The van der Waals surface area contributed by atoms with Gasteiger partial charge in [-0.2, -0.15) is 0 Å². The van der Waals surface area contributed by atoms with Crippen molar-refractivity contribution in [3.8, 4) is 0 Å². The van der Waals surface area contributed by atoms with E-state index in [1.165, 1.54) is 11.8 Å². The monoisotopic (exact) mass is 664 g/mol. The lowest BCUT2D eigenvalue weighted by Crippen LogP contribution is -2.42. The molecule has 12 heteroatoms. The first-order valence-electron chi connectivity index (χ1n) is 16.2. The minimum atomic E-state index is -1.88. The van der Waals surface area contributed by atoms with Gasteiger partial charge < -0.3 is 24.3 Å². The number of carbonyl (C=O) groups is 4. The predicted molar refractivity (Wildman–Crippen MR) is 181 cm³/mol. The van der Waals surface area contributed by atoms with E-state index >= 15 is 0 Å².